The van der Waals surface area contributed by atoms with Gasteiger partial charge < -0.3 is 9.47 Å². The third kappa shape index (κ3) is 3.99. The standard InChI is InChI=1S/C21H35NO5S/c1-15(2)21(18-10-16-9-17(12-18)13-19(21)11-16)27-20(23)14-26-6-3-22-4-7-28(24,25)8-5-22/h15-19H,3-14H2,1-2H3. The number of ether oxygens (including phenoxy) is 2. The highest BCUT2D eigenvalue weighted by molar-refractivity contribution is 7.91. The smallest absolute Gasteiger partial charge is 0.332 e. The summed E-state index contributed by atoms with van der Waals surface area (Å²) in [6.45, 7) is 6.61. The minimum absolute atomic E-state index is 0.00704. The number of carbonyl (C=O) groups is 1. The molecule has 0 aromatic rings. The average molecular weight is 414 g/mol. The van der Waals surface area contributed by atoms with E-state index in [0.717, 1.165) is 11.8 Å². The van der Waals surface area contributed by atoms with Crippen molar-refractivity contribution in [1.82, 2.24) is 4.90 Å². The first-order chi connectivity index (χ1) is 13.3. The molecule has 5 rings (SSSR count). The first-order valence-electron chi connectivity index (χ1n) is 11.0. The van der Waals surface area contributed by atoms with Crippen LogP contribution in [0.2, 0.25) is 0 Å². The number of nitrogens with zero attached hydrogens (tertiary/aromatic N) is 1. The van der Waals surface area contributed by atoms with Gasteiger partial charge in [-0.15, -0.1) is 0 Å². The molecule has 4 bridgehead atoms. The Morgan fingerprint density at radius 1 is 1.04 bits per heavy atom. The molecule has 7 heteroatoms. The fourth-order valence-corrected chi connectivity index (χ4v) is 7.97. The third-order valence-corrected chi connectivity index (χ3v) is 9.43. The van der Waals surface area contributed by atoms with Gasteiger partial charge in [-0.1, -0.05) is 13.8 Å². The van der Waals surface area contributed by atoms with Gasteiger partial charge in [-0.25, -0.2) is 13.2 Å². The van der Waals surface area contributed by atoms with Crippen LogP contribution in [0.5, 0.6) is 0 Å². The lowest BCUT2D eigenvalue weighted by Crippen LogP contribution is -2.62. The zero-order valence-electron chi connectivity index (χ0n) is 17.3. The van der Waals surface area contributed by atoms with Crippen molar-refractivity contribution in [3.63, 3.8) is 0 Å². The van der Waals surface area contributed by atoms with Crippen molar-refractivity contribution in [2.45, 2.75) is 51.6 Å². The minimum Gasteiger partial charge on any atom is -0.456 e. The van der Waals surface area contributed by atoms with E-state index in [2.05, 4.69) is 18.7 Å². The van der Waals surface area contributed by atoms with Crippen molar-refractivity contribution >= 4 is 15.8 Å². The zero-order chi connectivity index (χ0) is 19.9. The predicted molar refractivity (Wildman–Crippen MR) is 107 cm³/mol. The summed E-state index contributed by atoms with van der Waals surface area (Å²) in [5, 5.41) is 0. The van der Waals surface area contributed by atoms with Crippen LogP contribution in [0, 0.1) is 29.6 Å². The van der Waals surface area contributed by atoms with Crippen LogP contribution in [0.25, 0.3) is 0 Å². The maximum Gasteiger partial charge on any atom is 0.332 e. The molecular weight excluding hydrogens is 378 g/mol. The second-order valence-electron chi connectivity index (χ2n) is 9.83. The van der Waals surface area contributed by atoms with Gasteiger partial charge >= 0.3 is 5.97 Å². The summed E-state index contributed by atoms with van der Waals surface area (Å²) in [7, 11) is -2.86. The molecule has 5 fully saturated rings. The van der Waals surface area contributed by atoms with E-state index in [4.69, 9.17) is 9.47 Å². The number of sulfone groups is 1. The number of carbonyl (C=O) groups excluding carboxylic acids is 1. The quantitative estimate of drug-likeness (QED) is 0.470. The molecule has 28 heavy (non-hydrogen) atoms. The number of hydrogen-bond donors (Lipinski definition) is 0. The van der Waals surface area contributed by atoms with E-state index < -0.39 is 9.84 Å². The van der Waals surface area contributed by atoms with Gasteiger partial charge in [0.05, 0.1) is 18.1 Å². The Bertz CT molecular complexity index is 647. The summed E-state index contributed by atoms with van der Waals surface area (Å²) in [6, 6.07) is 0. The molecule has 1 saturated heterocycles. The molecule has 160 valence electrons. The molecule has 4 aliphatic carbocycles. The summed E-state index contributed by atoms with van der Waals surface area (Å²) in [5.74, 6) is 3.26. The van der Waals surface area contributed by atoms with Crippen LogP contribution in [0.1, 0.15) is 46.0 Å². The summed E-state index contributed by atoms with van der Waals surface area (Å²) in [6.07, 6.45) is 6.26. The largest absolute Gasteiger partial charge is 0.456 e. The molecule has 0 amide bonds. The van der Waals surface area contributed by atoms with Crippen LogP contribution in [0.15, 0.2) is 0 Å². The lowest BCUT2D eigenvalue weighted by atomic mass is 9.47. The SMILES string of the molecule is CC(C)C1(OC(=O)COCCN2CCS(=O)(=O)CC2)C2CC3CC(C2)CC1C3. The molecule has 0 spiro atoms. The molecule has 4 saturated carbocycles. The molecule has 0 atom stereocenters. The van der Waals surface area contributed by atoms with E-state index in [1.165, 1.54) is 32.1 Å². The maximum absolute atomic E-state index is 12.6. The first-order valence-corrected chi connectivity index (χ1v) is 12.8. The summed E-state index contributed by atoms with van der Waals surface area (Å²) >= 11 is 0. The Balaban J connectivity index is 1.26. The van der Waals surface area contributed by atoms with Gasteiger partial charge in [0.1, 0.15) is 12.2 Å². The normalized spacial score (nSPS) is 39.4. The Morgan fingerprint density at radius 3 is 2.14 bits per heavy atom. The van der Waals surface area contributed by atoms with Gasteiger partial charge in [0.2, 0.25) is 0 Å². The highest BCUT2D eigenvalue weighted by Crippen LogP contribution is 2.61. The summed E-state index contributed by atoms with van der Waals surface area (Å²) < 4.78 is 34.8. The maximum atomic E-state index is 12.6. The first kappa shape index (κ1) is 20.6. The van der Waals surface area contributed by atoms with Gasteiger partial charge in [0.25, 0.3) is 0 Å². The molecule has 0 aromatic carbocycles. The molecule has 1 aliphatic heterocycles. The van der Waals surface area contributed by atoms with Crippen molar-refractivity contribution < 1.29 is 22.7 Å². The molecule has 0 radical (unpaired) electrons. The summed E-state index contributed by atoms with van der Waals surface area (Å²) in [4.78, 5) is 14.7. The summed E-state index contributed by atoms with van der Waals surface area (Å²) in [5.41, 5.74) is -0.297. The Labute approximate surface area is 169 Å². The van der Waals surface area contributed by atoms with Crippen molar-refractivity contribution in [3.8, 4) is 0 Å². The lowest BCUT2D eigenvalue weighted by molar-refractivity contribution is -0.227. The molecule has 1 heterocycles. The van der Waals surface area contributed by atoms with Gasteiger partial charge in [-0.05, 0) is 61.7 Å². The Kier molecular flexibility index (Phi) is 5.80. The molecule has 6 nitrogen and oxygen atoms in total. The van der Waals surface area contributed by atoms with Crippen LogP contribution < -0.4 is 0 Å². The highest BCUT2D eigenvalue weighted by Gasteiger charge is 2.60. The topological polar surface area (TPSA) is 72.9 Å². The molecular formula is C21H35NO5S. The number of hydrogen-bond acceptors (Lipinski definition) is 6. The van der Waals surface area contributed by atoms with E-state index in [9.17, 15) is 13.2 Å². The van der Waals surface area contributed by atoms with E-state index in [1.54, 1.807) is 0 Å². The fraction of sp³-hybridized carbons (Fsp3) is 0.952. The van der Waals surface area contributed by atoms with Gasteiger partial charge in [0, 0.05) is 19.6 Å². The van der Waals surface area contributed by atoms with Crippen LogP contribution in [-0.2, 0) is 24.1 Å². The van der Waals surface area contributed by atoms with Crippen molar-refractivity contribution in [2.75, 3.05) is 44.4 Å². The van der Waals surface area contributed by atoms with E-state index in [1.807, 2.05) is 0 Å². The van der Waals surface area contributed by atoms with Crippen LogP contribution in [0.4, 0.5) is 0 Å². The number of esters is 1. The van der Waals surface area contributed by atoms with Gasteiger partial charge in [-0.3, -0.25) is 4.90 Å². The van der Waals surface area contributed by atoms with E-state index >= 15 is 0 Å². The second-order valence-corrected chi connectivity index (χ2v) is 12.1. The molecule has 0 unspecified atom stereocenters. The van der Waals surface area contributed by atoms with Crippen molar-refractivity contribution in [1.29, 1.82) is 0 Å². The molecule has 0 aromatic heterocycles. The van der Waals surface area contributed by atoms with Crippen molar-refractivity contribution in [3.05, 3.63) is 0 Å². The monoisotopic (exact) mass is 413 g/mol. The van der Waals surface area contributed by atoms with Crippen LogP contribution in [-0.4, -0.2) is 69.2 Å². The van der Waals surface area contributed by atoms with Crippen LogP contribution in [0.3, 0.4) is 0 Å². The Morgan fingerprint density at radius 2 is 1.61 bits per heavy atom. The van der Waals surface area contributed by atoms with E-state index in [-0.39, 0.29) is 29.7 Å². The fourth-order valence-electron chi connectivity index (χ4n) is 6.70. The van der Waals surface area contributed by atoms with Gasteiger partial charge in [0.15, 0.2) is 9.84 Å². The van der Waals surface area contributed by atoms with Crippen LogP contribution >= 0.6 is 0 Å². The predicted octanol–water partition coefficient (Wildman–Crippen LogP) is 2.13. The second kappa shape index (κ2) is 7.88. The third-order valence-electron chi connectivity index (χ3n) is 7.82. The number of rotatable bonds is 7. The van der Waals surface area contributed by atoms with E-state index in [0.29, 0.717) is 44.0 Å². The average Bonchev–Trinajstić information content (AvgIpc) is 2.62. The van der Waals surface area contributed by atoms with Crippen molar-refractivity contribution in [2.24, 2.45) is 29.6 Å². The Hall–Kier alpha value is -0.660. The highest BCUT2D eigenvalue weighted by atomic mass is 32.2. The molecule has 5 aliphatic rings. The van der Waals surface area contributed by atoms with Gasteiger partial charge in [-0.2, -0.15) is 0 Å². The zero-order valence-corrected chi connectivity index (χ0v) is 18.1. The minimum atomic E-state index is -2.86. The lowest BCUT2D eigenvalue weighted by Gasteiger charge is -2.61. The molecule has 0 N–H and O–H groups in total.